The van der Waals surface area contributed by atoms with E-state index in [9.17, 15) is 5.02 Å². The molecule has 24 heavy (non-hydrogen) atoms. The lowest BCUT2D eigenvalue weighted by molar-refractivity contribution is 0.128. The SMILES string of the molecule is [C-]#[N+]c1ccc(-c2ccc(OC3CCN(B(C)O)CC3)cc2)cc1. The molecule has 0 spiro atoms. The minimum absolute atomic E-state index is 0.212. The van der Waals surface area contributed by atoms with E-state index in [2.05, 4.69) is 9.66 Å². The van der Waals surface area contributed by atoms with Crippen LogP contribution in [0.4, 0.5) is 5.69 Å². The molecule has 1 saturated heterocycles. The van der Waals surface area contributed by atoms with Gasteiger partial charge in [-0.25, -0.2) is 4.85 Å². The van der Waals surface area contributed by atoms with Crippen molar-refractivity contribution in [2.24, 2.45) is 0 Å². The predicted octanol–water partition coefficient (Wildman–Crippen LogP) is 3.86. The summed E-state index contributed by atoms with van der Waals surface area (Å²) < 4.78 is 6.06. The molecule has 0 aliphatic carbocycles. The Labute approximate surface area is 143 Å². The van der Waals surface area contributed by atoms with Gasteiger partial charge in [0.25, 0.3) is 0 Å². The molecule has 3 rings (SSSR count). The van der Waals surface area contributed by atoms with Gasteiger partial charge in [0.2, 0.25) is 0 Å². The summed E-state index contributed by atoms with van der Waals surface area (Å²) in [5.41, 5.74) is 2.87. The van der Waals surface area contributed by atoms with E-state index in [4.69, 9.17) is 11.3 Å². The predicted molar refractivity (Wildman–Crippen MR) is 97.2 cm³/mol. The molecule has 0 unspecified atom stereocenters. The van der Waals surface area contributed by atoms with Crippen LogP contribution in [0.5, 0.6) is 5.75 Å². The summed E-state index contributed by atoms with van der Waals surface area (Å²) in [4.78, 5) is 5.48. The average Bonchev–Trinajstić information content (AvgIpc) is 2.63. The van der Waals surface area contributed by atoms with E-state index in [1.54, 1.807) is 0 Å². The highest BCUT2D eigenvalue weighted by atomic mass is 16.5. The Hall–Kier alpha value is -2.29. The van der Waals surface area contributed by atoms with E-state index < -0.39 is 0 Å². The monoisotopic (exact) mass is 320 g/mol. The first kappa shape index (κ1) is 16.6. The second-order valence-electron chi connectivity index (χ2n) is 6.17. The van der Waals surface area contributed by atoms with Crippen molar-refractivity contribution >= 4 is 12.7 Å². The van der Waals surface area contributed by atoms with Gasteiger partial charge in [-0.2, -0.15) is 0 Å². The number of ether oxygens (including phenoxy) is 1. The Morgan fingerprint density at radius 1 is 1.04 bits per heavy atom. The molecule has 0 saturated carbocycles. The molecule has 0 atom stereocenters. The van der Waals surface area contributed by atoms with Crippen molar-refractivity contribution in [3.05, 3.63) is 59.9 Å². The van der Waals surface area contributed by atoms with Crippen molar-refractivity contribution < 1.29 is 9.76 Å². The summed E-state index contributed by atoms with van der Waals surface area (Å²) in [6.07, 6.45) is 2.08. The van der Waals surface area contributed by atoms with Crippen LogP contribution in [0.3, 0.4) is 0 Å². The lowest BCUT2D eigenvalue weighted by atomic mass is 9.82. The van der Waals surface area contributed by atoms with E-state index in [1.807, 2.05) is 55.4 Å². The van der Waals surface area contributed by atoms with Gasteiger partial charge in [-0.15, -0.1) is 0 Å². The van der Waals surface area contributed by atoms with Crippen LogP contribution in [0.2, 0.25) is 6.82 Å². The lowest BCUT2D eigenvalue weighted by Crippen LogP contribution is -2.45. The van der Waals surface area contributed by atoms with Gasteiger partial charge in [0, 0.05) is 0 Å². The Bertz CT molecular complexity index is 700. The molecule has 1 aliphatic heterocycles. The first-order valence-electron chi connectivity index (χ1n) is 8.32. The second kappa shape index (κ2) is 7.52. The van der Waals surface area contributed by atoms with Crippen LogP contribution < -0.4 is 4.74 Å². The highest BCUT2D eigenvalue weighted by Gasteiger charge is 2.24. The van der Waals surface area contributed by atoms with Crippen LogP contribution in [-0.4, -0.2) is 36.1 Å². The van der Waals surface area contributed by atoms with Gasteiger partial charge >= 0.3 is 7.05 Å². The Balaban J connectivity index is 1.60. The van der Waals surface area contributed by atoms with Gasteiger partial charge in [-0.05, 0) is 56.0 Å². The summed E-state index contributed by atoms with van der Waals surface area (Å²) in [7, 11) is -0.375. The number of piperidine rings is 1. The summed E-state index contributed by atoms with van der Waals surface area (Å²) >= 11 is 0. The van der Waals surface area contributed by atoms with Gasteiger partial charge in [0.1, 0.15) is 11.9 Å². The zero-order valence-corrected chi connectivity index (χ0v) is 13.9. The minimum atomic E-state index is -0.375. The number of benzene rings is 2. The maximum absolute atomic E-state index is 9.59. The van der Waals surface area contributed by atoms with Crippen LogP contribution in [0, 0.1) is 6.57 Å². The molecule has 4 nitrogen and oxygen atoms in total. The van der Waals surface area contributed by atoms with Gasteiger partial charge in [-0.3, -0.25) is 0 Å². The number of hydrogen-bond donors (Lipinski definition) is 1. The van der Waals surface area contributed by atoms with Gasteiger partial charge in [-0.1, -0.05) is 36.4 Å². The molecule has 1 fully saturated rings. The van der Waals surface area contributed by atoms with Crippen molar-refractivity contribution in [1.82, 2.24) is 4.81 Å². The zero-order chi connectivity index (χ0) is 16.9. The molecule has 0 radical (unpaired) electrons. The van der Waals surface area contributed by atoms with E-state index >= 15 is 0 Å². The van der Waals surface area contributed by atoms with Crippen LogP contribution in [0.25, 0.3) is 16.0 Å². The van der Waals surface area contributed by atoms with Crippen molar-refractivity contribution in [1.29, 1.82) is 0 Å². The third kappa shape index (κ3) is 3.97. The Morgan fingerprint density at radius 3 is 2.08 bits per heavy atom. The quantitative estimate of drug-likeness (QED) is 0.686. The van der Waals surface area contributed by atoms with E-state index in [-0.39, 0.29) is 13.2 Å². The Morgan fingerprint density at radius 2 is 1.58 bits per heavy atom. The summed E-state index contributed by atoms with van der Waals surface area (Å²) in [5, 5.41) is 9.59. The number of rotatable bonds is 4. The van der Waals surface area contributed by atoms with Gasteiger partial charge < -0.3 is 14.6 Å². The van der Waals surface area contributed by atoms with Crippen LogP contribution in [0.1, 0.15) is 12.8 Å². The molecule has 0 bridgehead atoms. The molecular weight excluding hydrogens is 299 g/mol. The number of hydrogen-bond acceptors (Lipinski definition) is 3. The smallest absolute Gasteiger partial charge is 0.376 e. The fraction of sp³-hybridized carbons (Fsp3) is 0.316. The highest BCUT2D eigenvalue weighted by Crippen LogP contribution is 2.26. The zero-order valence-electron chi connectivity index (χ0n) is 13.9. The third-order valence-electron chi connectivity index (χ3n) is 4.49. The average molecular weight is 320 g/mol. The van der Waals surface area contributed by atoms with Crippen molar-refractivity contribution in [3.8, 4) is 16.9 Å². The van der Waals surface area contributed by atoms with Gasteiger partial charge in [0.05, 0.1) is 6.57 Å². The van der Waals surface area contributed by atoms with Crippen molar-refractivity contribution in [2.45, 2.75) is 25.8 Å². The second-order valence-corrected chi connectivity index (χ2v) is 6.17. The topological polar surface area (TPSA) is 37.1 Å². The summed E-state index contributed by atoms with van der Waals surface area (Å²) in [6.45, 7) is 10.5. The van der Waals surface area contributed by atoms with E-state index in [0.717, 1.165) is 42.8 Å². The van der Waals surface area contributed by atoms with Gasteiger partial charge in [0.15, 0.2) is 5.69 Å². The highest BCUT2D eigenvalue weighted by molar-refractivity contribution is 6.45. The molecule has 2 aromatic carbocycles. The Kier molecular flexibility index (Phi) is 5.19. The molecule has 122 valence electrons. The fourth-order valence-corrected chi connectivity index (χ4v) is 3.01. The molecule has 0 aromatic heterocycles. The maximum atomic E-state index is 9.59. The van der Waals surface area contributed by atoms with Crippen molar-refractivity contribution in [3.63, 3.8) is 0 Å². The molecule has 0 amide bonds. The molecule has 1 heterocycles. The first-order valence-corrected chi connectivity index (χ1v) is 8.32. The normalized spacial score (nSPS) is 15.7. The fourth-order valence-electron chi connectivity index (χ4n) is 3.01. The molecular formula is C19H21BN2O2. The first-order chi connectivity index (χ1) is 11.7. The summed E-state index contributed by atoms with van der Waals surface area (Å²) in [5.74, 6) is 0.882. The molecule has 1 N–H and O–H groups in total. The van der Waals surface area contributed by atoms with E-state index in [0.29, 0.717) is 5.69 Å². The van der Waals surface area contributed by atoms with Crippen LogP contribution >= 0.6 is 0 Å². The van der Waals surface area contributed by atoms with Crippen LogP contribution in [-0.2, 0) is 0 Å². The standard InChI is InChI=1S/C19H21BN2O2/c1-20(23)22-13-11-19(12-14-22)24-18-9-5-16(6-10-18)15-3-7-17(21-2)8-4-15/h3-10,19,23H,11-14H2,1H3. The van der Waals surface area contributed by atoms with Crippen molar-refractivity contribution in [2.75, 3.05) is 13.1 Å². The molecule has 1 aliphatic rings. The minimum Gasteiger partial charge on any atom is -0.490 e. The summed E-state index contributed by atoms with van der Waals surface area (Å²) in [6, 6.07) is 15.7. The van der Waals surface area contributed by atoms with E-state index in [1.165, 1.54) is 0 Å². The number of nitrogens with zero attached hydrogens (tertiary/aromatic N) is 2. The lowest BCUT2D eigenvalue weighted by Gasteiger charge is -2.32. The molecule has 5 heteroatoms. The third-order valence-corrected chi connectivity index (χ3v) is 4.49. The maximum Gasteiger partial charge on any atom is 0.376 e. The largest absolute Gasteiger partial charge is 0.490 e. The van der Waals surface area contributed by atoms with Crippen LogP contribution in [0.15, 0.2) is 48.5 Å². The molecule has 2 aromatic rings.